The van der Waals surface area contributed by atoms with Crippen LogP contribution in [0.3, 0.4) is 0 Å². The summed E-state index contributed by atoms with van der Waals surface area (Å²) in [5.41, 5.74) is 3.42. The molecule has 7 heteroatoms. The van der Waals surface area contributed by atoms with Gasteiger partial charge in [0, 0.05) is 50.9 Å². The highest BCUT2D eigenvalue weighted by molar-refractivity contribution is 5.76. The van der Waals surface area contributed by atoms with E-state index < -0.39 is 0 Å². The molecule has 2 aliphatic heterocycles. The number of para-hydroxylation sites is 1. The van der Waals surface area contributed by atoms with E-state index in [2.05, 4.69) is 62.0 Å². The maximum atomic E-state index is 12.6. The lowest BCUT2D eigenvalue weighted by molar-refractivity contribution is -0.122. The number of nitrogens with zero attached hydrogens (tertiary/aromatic N) is 3. The van der Waals surface area contributed by atoms with Crippen LogP contribution in [-0.4, -0.2) is 55.2 Å². The van der Waals surface area contributed by atoms with Crippen LogP contribution in [0.4, 0.5) is 5.69 Å². The standard InChI is InChI=1S/C29H37N5O2/c35-29(31-20-23-7-3-1-4-8-23)18-24-11-12-30-21-25(24)17-26-19-28(36-32-26)22-33-13-15-34(16-14-33)27-9-5-2-6-10-27/h1-10,19,24-25,30H,11-18,20-22H2,(H,31,35)/t24-,25+/m1/s1. The van der Waals surface area contributed by atoms with Gasteiger partial charge in [-0.2, -0.15) is 0 Å². The lowest BCUT2D eigenvalue weighted by atomic mass is 9.81. The number of anilines is 1. The van der Waals surface area contributed by atoms with Gasteiger partial charge in [0.05, 0.1) is 12.2 Å². The molecule has 1 aromatic heterocycles. The van der Waals surface area contributed by atoms with Crippen LogP contribution in [0.2, 0.25) is 0 Å². The molecule has 0 aliphatic carbocycles. The number of rotatable bonds is 9. The highest BCUT2D eigenvalue weighted by Crippen LogP contribution is 2.26. The Bertz CT molecular complexity index is 1080. The van der Waals surface area contributed by atoms with Gasteiger partial charge < -0.3 is 20.1 Å². The quantitative estimate of drug-likeness (QED) is 0.482. The summed E-state index contributed by atoms with van der Waals surface area (Å²) in [4.78, 5) is 17.5. The van der Waals surface area contributed by atoms with Crippen molar-refractivity contribution in [1.29, 1.82) is 0 Å². The lowest BCUT2D eigenvalue weighted by Gasteiger charge is -2.35. The first-order chi connectivity index (χ1) is 17.7. The average molecular weight is 488 g/mol. The highest BCUT2D eigenvalue weighted by Gasteiger charge is 2.28. The summed E-state index contributed by atoms with van der Waals surface area (Å²) in [5, 5.41) is 11.0. The fraction of sp³-hybridized carbons (Fsp3) is 0.448. The number of nitrogens with one attached hydrogen (secondary N) is 2. The minimum atomic E-state index is 0.131. The van der Waals surface area contributed by atoms with Crippen LogP contribution in [0.5, 0.6) is 0 Å². The molecule has 2 fully saturated rings. The summed E-state index contributed by atoms with van der Waals surface area (Å²) >= 11 is 0. The molecule has 3 aromatic rings. The maximum absolute atomic E-state index is 12.6. The van der Waals surface area contributed by atoms with E-state index in [0.717, 1.165) is 75.7 Å². The number of carbonyl (C=O) groups excluding carboxylic acids is 1. The molecule has 0 saturated carbocycles. The van der Waals surface area contributed by atoms with Crippen molar-refractivity contribution in [3.05, 3.63) is 83.7 Å². The first kappa shape index (κ1) is 24.5. The highest BCUT2D eigenvalue weighted by atomic mass is 16.5. The SMILES string of the molecule is O=C(C[C@H]1CCNC[C@@H]1Cc1cc(CN2CCN(c3ccccc3)CC2)on1)NCc1ccccc1. The van der Waals surface area contributed by atoms with Crippen molar-refractivity contribution in [3.63, 3.8) is 0 Å². The fourth-order valence-corrected chi connectivity index (χ4v) is 5.41. The number of benzene rings is 2. The van der Waals surface area contributed by atoms with E-state index in [1.54, 1.807) is 0 Å². The van der Waals surface area contributed by atoms with Crippen LogP contribution in [-0.2, 0) is 24.3 Å². The van der Waals surface area contributed by atoms with Gasteiger partial charge in [-0.15, -0.1) is 0 Å². The number of carbonyl (C=O) groups is 1. The molecule has 0 bridgehead atoms. The molecule has 5 rings (SSSR count). The van der Waals surface area contributed by atoms with E-state index in [4.69, 9.17) is 4.52 Å². The van der Waals surface area contributed by atoms with Crippen molar-refractivity contribution < 1.29 is 9.32 Å². The number of piperazine rings is 1. The minimum absolute atomic E-state index is 0.131. The summed E-state index contributed by atoms with van der Waals surface area (Å²) in [5.74, 6) is 1.80. The zero-order valence-electron chi connectivity index (χ0n) is 20.9. The number of amides is 1. The van der Waals surface area contributed by atoms with Crippen molar-refractivity contribution >= 4 is 11.6 Å². The van der Waals surface area contributed by atoms with E-state index in [9.17, 15) is 4.79 Å². The van der Waals surface area contributed by atoms with Crippen LogP contribution in [0, 0.1) is 11.8 Å². The molecule has 0 radical (unpaired) electrons. The second-order valence-electron chi connectivity index (χ2n) is 10.1. The fourth-order valence-electron chi connectivity index (χ4n) is 5.41. The largest absolute Gasteiger partial charge is 0.369 e. The Kier molecular flexibility index (Phi) is 8.31. The van der Waals surface area contributed by atoms with E-state index in [1.165, 1.54) is 5.69 Å². The zero-order valence-corrected chi connectivity index (χ0v) is 20.9. The van der Waals surface area contributed by atoms with Gasteiger partial charge in [0.25, 0.3) is 0 Å². The smallest absolute Gasteiger partial charge is 0.220 e. The number of aromatic nitrogens is 1. The summed E-state index contributed by atoms with van der Waals surface area (Å²) in [7, 11) is 0. The Hall–Kier alpha value is -3.16. The third kappa shape index (κ3) is 6.74. The van der Waals surface area contributed by atoms with Gasteiger partial charge >= 0.3 is 0 Å². The maximum Gasteiger partial charge on any atom is 0.220 e. The normalized spacial score (nSPS) is 20.8. The summed E-state index contributed by atoms with van der Waals surface area (Å²) in [6.45, 7) is 7.33. The average Bonchev–Trinajstić information content (AvgIpc) is 3.37. The van der Waals surface area contributed by atoms with Crippen LogP contribution in [0.15, 0.2) is 71.3 Å². The Morgan fingerprint density at radius 2 is 1.75 bits per heavy atom. The molecule has 2 aliphatic rings. The number of hydrogen-bond acceptors (Lipinski definition) is 6. The molecular formula is C29H37N5O2. The van der Waals surface area contributed by atoms with Crippen molar-refractivity contribution in [2.45, 2.75) is 32.4 Å². The summed E-state index contributed by atoms with van der Waals surface area (Å²) in [6, 6.07) is 22.8. The molecule has 7 nitrogen and oxygen atoms in total. The Morgan fingerprint density at radius 1 is 1.00 bits per heavy atom. The molecule has 2 atom stereocenters. The Balaban J connectivity index is 1.09. The molecule has 190 valence electrons. The molecule has 36 heavy (non-hydrogen) atoms. The van der Waals surface area contributed by atoms with E-state index in [0.29, 0.717) is 24.8 Å². The summed E-state index contributed by atoms with van der Waals surface area (Å²) < 4.78 is 5.72. The molecule has 1 amide bonds. The van der Waals surface area contributed by atoms with Gasteiger partial charge in [-0.1, -0.05) is 53.7 Å². The van der Waals surface area contributed by atoms with Crippen molar-refractivity contribution in [1.82, 2.24) is 20.7 Å². The van der Waals surface area contributed by atoms with Crippen LogP contribution < -0.4 is 15.5 Å². The number of hydrogen-bond donors (Lipinski definition) is 2. The minimum Gasteiger partial charge on any atom is -0.369 e. The van der Waals surface area contributed by atoms with Gasteiger partial charge in [0.1, 0.15) is 0 Å². The third-order valence-corrected chi connectivity index (χ3v) is 7.50. The molecule has 2 aromatic carbocycles. The number of piperidine rings is 1. The van der Waals surface area contributed by atoms with Crippen molar-refractivity contribution in [2.75, 3.05) is 44.2 Å². The van der Waals surface area contributed by atoms with Crippen LogP contribution >= 0.6 is 0 Å². The topological polar surface area (TPSA) is 73.6 Å². The molecule has 2 saturated heterocycles. The van der Waals surface area contributed by atoms with Crippen LogP contribution in [0.1, 0.15) is 29.9 Å². The summed E-state index contributed by atoms with van der Waals surface area (Å²) in [6.07, 6.45) is 2.42. The van der Waals surface area contributed by atoms with Crippen LogP contribution in [0.25, 0.3) is 0 Å². The van der Waals surface area contributed by atoms with Gasteiger partial charge in [-0.25, -0.2) is 0 Å². The molecule has 0 spiro atoms. The second-order valence-corrected chi connectivity index (χ2v) is 10.1. The third-order valence-electron chi connectivity index (χ3n) is 7.50. The molecule has 2 N–H and O–H groups in total. The van der Waals surface area contributed by atoms with Gasteiger partial charge in [-0.05, 0) is 55.5 Å². The van der Waals surface area contributed by atoms with Crippen molar-refractivity contribution in [2.24, 2.45) is 11.8 Å². The first-order valence-electron chi connectivity index (χ1n) is 13.2. The Morgan fingerprint density at radius 3 is 2.53 bits per heavy atom. The molecule has 0 unspecified atom stereocenters. The van der Waals surface area contributed by atoms with Gasteiger partial charge in [-0.3, -0.25) is 9.69 Å². The molecule has 3 heterocycles. The van der Waals surface area contributed by atoms with Gasteiger partial charge in [0.2, 0.25) is 5.91 Å². The Labute approximate surface area is 213 Å². The van der Waals surface area contributed by atoms with Crippen molar-refractivity contribution in [3.8, 4) is 0 Å². The predicted molar refractivity (Wildman–Crippen MR) is 142 cm³/mol. The van der Waals surface area contributed by atoms with E-state index in [-0.39, 0.29) is 5.91 Å². The van der Waals surface area contributed by atoms with E-state index >= 15 is 0 Å². The zero-order chi connectivity index (χ0) is 24.6. The monoisotopic (exact) mass is 487 g/mol. The van der Waals surface area contributed by atoms with E-state index in [1.807, 2.05) is 30.3 Å². The molecular weight excluding hydrogens is 450 g/mol. The van der Waals surface area contributed by atoms with Gasteiger partial charge in [0.15, 0.2) is 5.76 Å². The predicted octanol–water partition coefficient (Wildman–Crippen LogP) is 3.47. The second kappa shape index (κ2) is 12.2. The lowest BCUT2D eigenvalue weighted by Crippen LogP contribution is -2.45. The first-order valence-corrected chi connectivity index (χ1v) is 13.2.